The van der Waals surface area contributed by atoms with Gasteiger partial charge in [0.05, 0.1) is 30.4 Å². The number of carbonyl (C=O) groups excluding carboxylic acids is 2. The van der Waals surface area contributed by atoms with Crippen molar-refractivity contribution in [1.82, 2.24) is 9.79 Å². The lowest BCUT2D eigenvalue weighted by atomic mass is 9.91. The van der Waals surface area contributed by atoms with E-state index < -0.39 is 0 Å². The molecule has 0 amide bonds. The molecular weight excluding hydrogens is 215 g/mol. The van der Waals surface area contributed by atoms with Gasteiger partial charge in [-0.2, -0.15) is 0 Å². The van der Waals surface area contributed by atoms with Crippen molar-refractivity contribution in [1.29, 1.82) is 0 Å². The number of aromatic nitrogens is 1. The SMILES string of the molecule is COc1nc2c(s1)C(=O)CN(BC=O)C2. The largest absolute Gasteiger partial charge is 0.473 e. The normalized spacial score (nSPS) is 15.9. The van der Waals surface area contributed by atoms with Crippen LogP contribution in [-0.2, 0) is 11.3 Å². The van der Waals surface area contributed by atoms with E-state index in [0.717, 1.165) is 11.9 Å². The standard InChI is InChI=1S/C8H9BN2O3S/c1-14-8-10-5-2-11(9-4-12)3-6(13)7(5)15-8/h4,9H,2-3H2,1H3. The van der Waals surface area contributed by atoms with E-state index in [1.165, 1.54) is 18.4 Å². The van der Waals surface area contributed by atoms with Crippen molar-refractivity contribution in [3.05, 3.63) is 10.6 Å². The summed E-state index contributed by atoms with van der Waals surface area (Å²) in [5.41, 5.74) is 0.718. The number of carbonyl (C=O) groups is 2. The van der Waals surface area contributed by atoms with Crippen molar-refractivity contribution in [3.8, 4) is 5.19 Å². The van der Waals surface area contributed by atoms with Crippen LogP contribution in [0, 0.1) is 0 Å². The third-order valence-corrected chi connectivity index (χ3v) is 3.28. The molecule has 0 spiro atoms. The molecule has 1 aromatic rings. The van der Waals surface area contributed by atoms with E-state index in [2.05, 4.69) is 4.98 Å². The number of methoxy groups -OCH3 is 1. The second-order valence-corrected chi connectivity index (χ2v) is 4.18. The molecule has 5 nitrogen and oxygen atoms in total. The lowest BCUT2D eigenvalue weighted by molar-refractivity contribution is 0.0954. The van der Waals surface area contributed by atoms with Gasteiger partial charge in [-0.05, 0) is 0 Å². The number of ketones is 1. The molecule has 0 unspecified atom stereocenters. The third kappa shape index (κ3) is 1.93. The Balaban J connectivity index is 2.26. The van der Waals surface area contributed by atoms with Crippen LogP contribution in [0.2, 0.25) is 0 Å². The zero-order chi connectivity index (χ0) is 10.8. The molecule has 7 heteroatoms. The van der Waals surface area contributed by atoms with Gasteiger partial charge in [0.15, 0.2) is 5.78 Å². The first-order valence-electron chi connectivity index (χ1n) is 4.47. The van der Waals surface area contributed by atoms with Crippen molar-refractivity contribution in [2.45, 2.75) is 6.54 Å². The molecule has 1 aliphatic rings. The van der Waals surface area contributed by atoms with Crippen LogP contribution < -0.4 is 4.74 Å². The summed E-state index contributed by atoms with van der Waals surface area (Å²) in [6.07, 6.45) is 0.794. The lowest BCUT2D eigenvalue weighted by Gasteiger charge is -2.21. The molecule has 0 atom stereocenters. The third-order valence-electron chi connectivity index (χ3n) is 2.18. The van der Waals surface area contributed by atoms with Gasteiger partial charge in [0.2, 0.25) is 0 Å². The van der Waals surface area contributed by atoms with Gasteiger partial charge in [-0.15, -0.1) is 0 Å². The molecule has 0 saturated heterocycles. The van der Waals surface area contributed by atoms with Crippen LogP contribution in [0.4, 0.5) is 0 Å². The Labute approximate surface area is 91.3 Å². The molecule has 0 aromatic carbocycles. The Morgan fingerprint density at radius 3 is 3.07 bits per heavy atom. The first-order valence-corrected chi connectivity index (χ1v) is 5.29. The van der Waals surface area contributed by atoms with E-state index in [4.69, 9.17) is 4.74 Å². The highest BCUT2D eigenvalue weighted by Gasteiger charge is 2.27. The molecule has 1 aliphatic heterocycles. The minimum Gasteiger partial charge on any atom is -0.473 e. The van der Waals surface area contributed by atoms with Crippen molar-refractivity contribution in [2.75, 3.05) is 13.7 Å². The number of fused-ring (bicyclic) bond motifs is 1. The molecule has 0 radical (unpaired) electrons. The summed E-state index contributed by atoms with van der Waals surface area (Å²) >= 11 is 1.27. The first-order chi connectivity index (χ1) is 7.24. The maximum atomic E-state index is 11.7. The van der Waals surface area contributed by atoms with Crippen LogP contribution in [0.25, 0.3) is 0 Å². The van der Waals surface area contributed by atoms with Gasteiger partial charge in [-0.1, -0.05) is 11.3 Å². The van der Waals surface area contributed by atoms with Crippen LogP contribution in [-0.4, -0.2) is 42.8 Å². The molecule has 2 rings (SSSR count). The van der Waals surface area contributed by atoms with E-state index in [1.807, 2.05) is 0 Å². The Morgan fingerprint density at radius 2 is 2.40 bits per heavy atom. The molecule has 0 N–H and O–H groups in total. The maximum Gasteiger partial charge on any atom is 0.281 e. The highest BCUT2D eigenvalue weighted by atomic mass is 32.1. The minimum absolute atomic E-state index is 0.0129. The van der Waals surface area contributed by atoms with Gasteiger partial charge in [0.1, 0.15) is 0 Å². The Hall–Kier alpha value is -1.21. The predicted octanol–water partition coefficient (Wildman–Crippen LogP) is -0.308. The number of hydrogen-bond acceptors (Lipinski definition) is 6. The van der Waals surface area contributed by atoms with E-state index in [1.54, 1.807) is 4.81 Å². The Bertz CT molecular complexity index is 407. The highest BCUT2D eigenvalue weighted by Crippen LogP contribution is 2.28. The lowest BCUT2D eigenvalue weighted by Crippen LogP contribution is -2.37. The molecule has 78 valence electrons. The monoisotopic (exact) mass is 224 g/mol. The van der Waals surface area contributed by atoms with Crippen molar-refractivity contribution in [3.63, 3.8) is 0 Å². The topological polar surface area (TPSA) is 59.5 Å². The average molecular weight is 224 g/mol. The fourth-order valence-corrected chi connectivity index (χ4v) is 2.34. The molecule has 0 aliphatic carbocycles. The smallest absolute Gasteiger partial charge is 0.281 e. The minimum atomic E-state index is 0.0129. The number of nitrogens with zero attached hydrogens (tertiary/aromatic N) is 2. The van der Waals surface area contributed by atoms with Crippen LogP contribution in [0.3, 0.4) is 0 Å². The van der Waals surface area contributed by atoms with Gasteiger partial charge in [-0.25, -0.2) is 4.98 Å². The average Bonchev–Trinajstić information content (AvgIpc) is 2.62. The number of rotatable bonds is 3. The summed E-state index contributed by atoms with van der Waals surface area (Å²) < 4.78 is 4.98. The van der Waals surface area contributed by atoms with E-state index in [0.29, 0.717) is 16.6 Å². The van der Waals surface area contributed by atoms with E-state index in [-0.39, 0.29) is 19.7 Å². The summed E-state index contributed by atoms with van der Waals surface area (Å²) in [4.78, 5) is 28.6. The molecule has 2 heterocycles. The van der Waals surface area contributed by atoms with Gasteiger partial charge in [0.25, 0.3) is 12.6 Å². The van der Waals surface area contributed by atoms with Crippen molar-refractivity contribution in [2.24, 2.45) is 0 Å². The molecule has 15 heavy (non-hydrogen) atoms. The second-order valence-electron chi connectivity index (χ2n) is 3.22. The number of Topliss-reactive ketones (excluding diaryl/α,β-unsaturated/α-hetero) is 1. The maximum absolute atomic E-state index is 11.7. The molecule has 1 aromatic heterocycles. The Morgan fingerprint density at radius 1 is 1.60 bits per heavy atom. The van der Waals surface area contributed by atoms with Gasteiger partial charge in [0, 0.05) is 6.54 Å². The predicted molar refractivity (Wildman–Crippen MR) is 57.3 cm³/mol. The van der Waals surface area contributed by atoms with Gasteiger partial charge >= 0.3 is 0 Å². The van der Waals surface area contributed by atoms with E-state index >= 15 is 0 Å². The second kappa shape index (κ2) is 4.12. The summed E-state index contributed by atoms with van der Waals surface area (Å²) in [6, 6.07) is 0. The molecule has 0 saturated carbocycles. The zero-order valence-electron chi connectivity index (χ0n) is 8.23. The number of thiazole rings is 1. The quantitative estimate of drug-likeness (QED) is 0.520. The number of hydrogen-bond donors (Lipinski definition) is 0. The summed E-state index contributed by atoms with van der Waals surface area (Å²) in [6.45, 7) is 0.830. The fourth-order valence-electron chi connectivity index (χ4n) is 1.52. The molecule has 0 bridgehead atoms. The fraction of sp³-hybridized carbons (Fsp3) is 0.375. The number of ether oxygens (including phenoxy) is 1. The van der Waals surface area contributed by atoms with Crippen LogP contribution >= 0.6 is 11.3 Å². The van der Waals surface area contributed by atoms with Crippen LogP contribution in [0.15, 0.2) is 0 Å². The molecule has 0 fully saturated rings. The van der Waals surface area contributed by atoms with Crippen LogP contribution in [0.5, 0.6) is 5.19 Å². The summed E-state index contributed by atoms with van der Waals surface area (Å²) in [5.74, 6) is 0.0129. The zero-order valence-corrected chi connectivity index (χ0v) is 9.04. The molecular formula is C8H9BN2O3S. The van der Waals surface area contributed by atoms with Gasteiger partial charge in [-0.3, -0.25) is 4.79 Å². The Kier molecular flexibility index (Phi) is 2.83. The van der Waals surface area contributed by atoms with Gasteiger partial charge < -0.3 is 14.3 Å². The highest BCUT2D eigenvalue weighted by molar-refractivity contribution is 7.15. The van der Waals surface area contributed by atoms with Crippen molar-refractivity contribution >= 4 is 30.7 Å². The van der Waals surface area contributed by atoms with Crippen LogP contribution in [0.1, 0.15) is 15.4 Å². The summed E-state index contributed by atoms with van der Waals surface area (Å²) in [7, 11) is 1.79. The first kappa shape index (κ1) is 10.3. The van der Waals surface area contributed by atoms with Crippen molar-refractivity contribution < 1.29 is 14.3 Å². The summed E-state index contributed by atoms with van der Waals surface area (Å²) in [5, 5.41) is 0.501. The van der Waals surface area contributed by atoms with E-state index in [9.17, 15) is 9.59 Å².